The fourth-order valence-corrected chi connectivity index (χ4v) is 1.39. The summed E-state index contributed by atoms with van der Waals surface area (Å²) < 4.78 is 0. The summed E-state index contributed by atoms with van der Waals surface area (Å²) in [5.74, 6) is -0.179. The first-order chi connectivity index (χ1) is 6.63. The van der Waals surface area contributed by atoms with Crippen molar-refractivity contribution in [1.29, 1.82) is 0 Å². The van der Waals surface area contributed by atoms with Crippen LogP contribution in [0.2, 0.25) is 0 Å². The van der Waals surface area contributed by atoms with E-state index in [1.165, 1.54) is 5.06 Å². The van der Waals surface area contributed by atoms with E-state index in [1.54, 1.807) is 4.90 Å². The molecule has 80 valence electrons. The Morgan fingerprint density at radius 2 is 1.86 bits per heavy atom. The number of piperazine rings is 1. The monoisotopic (exact) mass is 222 g/mol. The van der Waals surface area contributed by atoms with Gasteiger partial charge in [-0.05, 0) is 0 Å². The molecule has 1 fully saturated rings. The highest BCUT2D eigenvalue weighted by Crippen LogP contribution is 2.03. The van der Waals surface area contributed by atoms with Crippen molar-refractivity contribution in [3.63, 3.8) is 0 Å². The summed E-state index contributed by atoms with van der Waals surface area (Å²) in [6, 6.07) is 0. The number of carbonyl (C=O) groups excluding carboxylic acids is 1. The number of hydroxylamine groups is 2. The van der Waals surface area contributed by atoms with Gasteiger partial charge in [0.15, 0.2) is 0 Å². The molecule has 7 heteroatoms. The largest absolute Gasteiger partial charge is 0.525 e. The first kappa shape index (κ1) is 11.1. The van der Waals surface area contributed by atoms with E-state index in [0.717, 1.165) is 0 Å². The standard InChI is InChI=1S/C7H11ClN2O4/c8-5-6(11)9-1-3-10(4-2-9)14-7(12)13/h1-5H2,(H,12,13). The zero-order valence-electron chi connectivity index (χ0n) is 7.48. The van der Waals surface area contributed by atoms with Crippen LogP contribution in [0.4, 0.5) is 4.79 Å². The lowest BCUT2D eigenvalue weighted by Gasteiger charge is -2.32. The van der Waals surface area contributed by atoms with Gasteiger partial charge in [-0.25, -0.2) is 4.79 Å². The molecule has 14 heavy (non-hydrogen) atoms. The number of carbonyl (C=O) groups is 2. The van der Waals surface area contributed by atoms with Gasteiger partial charge in [-0.2, -0.15) is 0 Å². The zero-order chi connectivity index (χ0) is 10.6. The smallest absolute Gasteiger partial charge is 0.448 e. The molecule has 1 aliphatic rings. The van der Waals surface area contributed by atoms with E-state index >= 15 is 0 Å². The maximum atomic E-state index is 11.1. The molecular weight excluding hydrogens is 212 g/mol. The molecule has 0 bridgehead atoms. The summed E-state index contributed by atoms with van der Waals surface area (Å²) in [5.41, 5.74) is 0. The third kappa shape index (κ3) is 3.04. The number of hydrogen-bond acceptors (Lipinski definition) is 4. The van der Waals surface area contributed by atoms with E-state index < -0.39 is 6.16 Å². The second-order valence-corrected chi connectivity index (χ2v) is 3.07. The van der Waals surface area contributed by atoms with Gasteiger partial charge in [0.25, 0.3) is 0 Å². The average molecular weight is 223 g/mol. The van der Waals surface area contributed by atoms with E-state index in [0.29, 0.717) is 26.2 Å². The molecular formula is C7H11ClN2O4. The van der Waals surface area contributed by atoms with Crippen molar-refractivity contribution < 1.29 is 19.5 Å². The molecule has 1 heterocycles. The molecule has 1 saturated heterocycles. The van der Waals surface area contributed by atoms with E-state index in [9.17, 15) is 9.59 Å². The summed E-state index contributed by atoms with van der Waals surface area (Å²) >= 11 is 5.38. The Labute approximate surface area is 85.9 Å². The van der Waals surface area contributed by atoms with Gasteiger partial charge in [0, 0.05) is 13.1 Å². The van der Waals surface area contributed by atoms with E-state index in [4.69, 9.17) is 16.7 Å². The minimum Gasteiger partial charge on any atom is -0.448 e. The van der Waals surface area contributed by atoms with Crippen LogP contribution in [0.3, 0.4) is 0 Å². The van der Waals surface area contributed by atoms with Gasteiger partial charge < -0.3 is 14.8 Å². The van der Waals surface area contributed by atoms with E-state index in [1.807, 2.05) is 0 Å². The second-order valence-electron chi connectivity index (χ2n) is 2.80. The zero-order valence-corrected chi connectivity index (χ0v) is 8.24. The van der Waals surface area contributed by atoms with Crippen LogP contribution in [0.5, 0.6) is 0 Å². The molecule has 0 unspecified atom stereocenters. The van der Waals surface area contributed by atoms with Crippen LogP contribution in [-0.4, -0.2) is 59.2 Å². The molecule has 6 nitrogen and oxygen atoms in total. The van der Waals surface area contributed by atoms with Gasteiger partial charge in [-0.1, -0.05) is 0 Å². The van der Waals surface area contributed by atoms with Crippen molar-refractivity contribution in [2.45, 2.75) is 0 Å². The van der Waals surface area contributed by atoms with Crippen molar-refractivity contribution in [2.75, 3.05) is 32.1 Å². The van der Waals surface area contributed by atoms with Crippen LogP contribution >= 0.6 is 11.6 Å². The normalized spacial score (nSPS) is 17.9. The maximum Gasteiger partial charge on any atom is 0.525 e. The molecule has 0 aromatic heterocycles. The summed E-state index contributed by atoms with van der Waals surface area (Å²) in [7, 11) is 0. The van der Waals surface area contributed by atoms with Crippen LogP contribution < -0.4 is 0 Å². The minimum atomic E-state index is -1.33. The summed E-state index contributed by atoms with van der Waals surface area (Å²) in [6.45, 7) is 1.65. The van der Waals surface area contributed by atoms with Gasteiger partial charge >= 0.3 is 6.16 Å². The molecule has 1 rings (SSSR count). The van der Waals surface area contributed by atoms with Crippen LogP contribution in [0, 0.1) is 0 Å². The van der Waals surface area contributed by atoms with Crippen LogP contribution in [0.25, 0.3) is 0 Å². The van der Waals surface area contributed by atoms with Gasteiger partial charge in [-0.15, -0.1) is 16.7 Å². The lowest BCUT2D eigenvalue weighted by atomic mass is 10.3. The van der Waals surface area contributed by atoms with Crippen molar-refractivity contribution in [1.82, 2.24) is 9.96 Å². The Morgan fingerprint density at radius 3 is 2.29 bits per heavy atom. The third-order valence-corrected chi connectivity index (χ3v) is 2.14. The van der Waals surface area contributed by atoms with Crippen LogP contribution in [-0.2, 0) is 9.63 Å². The summed E-state index contributed by atoms with van der Waals surface area (Å²) in [4.78, 5) is 27.3. The lowest BCUT2D eigenvalue weighted by Crippen LogP contribution is -2.49. The Bertz CT molecular complexity index is 228. The Hall–Kier alpha value is -1.01. The number of hydrogen-bond donors (Lipinski definition) is 1. The molecule has 0 atom stereocenters. The third-order valence-electron chi connectivity index (χ3n) is 1.91. The number of halogens is 1. The number of rotatable bonds is 2. The van der Waals surface area contributed by atoms with Crippen molar-refractivity contribution in [3.8, 4) is 0 Å². The van der Waals surface area contributed by atoms with Gasteiger partial charge in [0.1, 0.15) is 5.88 Å². The molecule has 1 N–H and O–H groups in total. The Kier molecular flexibility index (Phi) is 3.97. The van der Waals surface area contributed by atoms with Crippen LogP contribution in [0.15, 0.2) is 0 Å². The Morgan fingerprint density at radius 1 is 1.29 bits per heavy atom. The Balaban J connectivity index is 2.31. The first-order valence-electron chi connectivity index (χ1n) is 4.13. The molecule has 0 aromatic carbocycles. The SMILES string of the molecule is O=C(O)ON1CCN(C(=O)CCl)CC1. The number of carboxylic acid groups (broad SMARTS) is 1. The predicted octanol–water partition coefficient (Wildman–Crippen LogP) is -0.0210. The fourth-order valence-electron chi connectivity index (χ4n) is 1.22. The number of nitrogens with zero attached hydrogens (tertiary/aromatic N) is 2. The minimum absolute atomic E-state index is 0.0419. The highest BCUT2D eigenvalue weighted by Gasteiger charge is 2.22. The first-order valence-corrected chi connectivity index (χ1v) is 4.66. The van der Waals surface area contributed by atoms with Gasteiger partial charge in [-0.3, -0.25) is 4.79 Å². The maximum absolute atomic E-state index is 11.1. The van der Waals surface area contributed by atoms with Crippen molar-refractivity contribution in [2.24, 2.45) is 0 Å². The molecule has 0 saturated carbocycles. The summed E-state index contributed by atoms with van der Waals surface area (Å²) in [6.07, 6.45) is -1.33. The number of alkyl halides is 1. The summed E-state index contributed by atoms with van der Waals surface area (Å²) in [5, 5.41) is 9.63. The van der Waals surface area contributed by atoms with Gasteiger partial charge in [0.2, 0.25) is 5.91 Å². The molecule has 1 amide bonds. The highest BCUT2D eigenvalue weighted by molar-refractivity contribution is 6.27. The van der Waals surface area contributed by atoms with E-state index in [2.05, 4.69) is 4.84 Å². The van der Waals surface area contributed by atoms with Gasteiger partial charge in [0.05, 0.1) is 13.1 Å². The molecule has 1 aliphatic heterocycles. The molecule has 0 spiro atoms. The fraction of sp³-hybridized carbons (Fsp3) is 0.714. The second kappa shape index (κ2) is 5.02. The van der Waals surface area contributed by atoms with Crippen LogP contribution in [0.1, 0.15) is 0 Å². The molecule has 0 aromatic rings. The number of amides is 1. The molecule has 0 aliphatic carbocycles. The topological polar surface area (TPSA) is 70.1 Å². The predicted molar refractivity (Wildman–Crippen MR) is 48.0 cm³/mol. The highest BCUT2D eigenvalue weighted by atomic mass is 35.5. The van der Waals surface area contributed by atoms with Crippen molar-refractivity contribution >= 4 is 23.7 Å². The molecule has 0 radical (unpaired) electrons. The lowest BCUT2D eigenvalue weighted by molar-refractivity contribution is -0.151. The average Bonchev–Trinajstić information content (AvgIpc) is 2.17. The van der Waals surface area contributed by atoms with Crippen molar-refractivity contribution in [3.05, 3.63) is 0 Å². The van der Waals surface area contributed by atoms with E-state index in [-0.39, 0.29) is 11.8 Å². The quantitative estimate of drug-likeness (QED) is 0.665.